The maximum absolute atomic E-state index is 14.1. The summed E-state index contributed by atoms with van der Waals surface area (Å²) in [6.07, 6.45) is 0. The molecule has 38 heavy (non-hydrogen) atoms. The first-order valence-electron chi connectivity index (χ1n) is 12.5. The van der Waals surface area contributed by atoms with Crippen LogP contribution >= 0.6 is 0 Å². The van der Waals surface area contributed by atoms with Gasteiger partial charge in [0.1, 0.15) is 11.5 Å². The van der Waals surface area contributed by atoms with Crippen molar-refractivity contribution in [3.63, 3.8) is 0 Å². The molecule has 3 heteroatoms. The molecule has 0 radical (unpaired) electrons. The normalized spacial score (nSPS) is 11.0. The molecule has 6 aromatic carbocycles. The van der Waals surface area contributed by atoms with Gasteiger partial charge in [0.25, 0.3) is 0 Å². The minimum Gasteiger partial charge on any atom is -0.496 e. The summed E-state index contributed by atoms with van der Waals surface area (Å²) >= 11 is 0. The zero-order valence-electron chi connectivity index (χ0n) is 21.3. The summed E-state index contributed by atoms with van der Waals surface area (Å²) < 4.78 is 11.3. The Morgan fingerprint density at radius 3 is 1.32 bits per heavy atom. The van der Waals surface area contributed by atoms with Crippen LogP contribution < -0.4 is 9.47 Å². The highest BCUT2D eigenvalue weighted by atomic mass is 16.5. The van der Waals surface area contributed by atoms with Gasteiger partial charge in [-0.3, -0.25) is 4.79 Å². The second-order valence-electron chi connectivity index (χ2n) is 9.22. The SMILES string of the molecule is COc1ccccc1-c1cc(C(=O)c2cc(-c3ccccc3OC)c3ccccc3c2)cc2ccccc12. The Morgan fingerprint density at radius 2 is 0.868 bits per heavy atom. The van der Waals surface area contributed by atoms with Crippen molar-refractivity contribution in [3.8, 4) is 33.8 Å². The summed E-state index contributed by atoms with van der Waals surface area (Å²) in [6, 6.07) is 40.1. The predicted molar refractivity (Wildman–Crippen MR) is 155 cm³/mol. The third kappa shape index (κ3) is 4.08. The van der Waals surface area contributed by atoms with E-state index >= 15 is 0 Å². The molecule has 0 aliphatic heterocycles. The molecule has 0 saturated heterocycles. The van der Waals surface area contributed by atoms with Crippen LogP contribution in [0.1, 0.15) is 15.9 Å². The highest BCUT2D eigenvalue weighted by molar-refractivity contribution is 6.16. The van der Waals surface area contributed by atoms with E-state index in [1.54, 1.807) is 14.2 Å². The topological polar surface area (TPSA) is 35.5 Å². The van der Waals surface area contributed by atoms with Gasteiger partial charge in [-0.05, 0) is 69.1 Å². The van der Waals surface area contributed by atoms with Gasteiger partial charge >= 0.3 is 0 Å². The van der Waals surface area contributed by atoms with Crippen molar-refractivity contribution >= 4 is 27.3 Å². The number of para-hydroxylation sites is 2. The second kappa shape index (κ2) is 9.87. The minimum atomic E-state index is -0.0335. The summed E-state index contributed by atoms with van der Waals surface area (Å²) in [5.74, 6) is 1.51. The van der Waals surface area contributed by atoms with Crippen LogP contribution in [0, 0.1) is 0 Å². The lowest BCUT2D eigenvalue weighted by Gasteiger charge is -2.15. The van der Waals surface area contributed by atoms with E-state index in [0.717, 1.165) is 55.3 Å². The standard InChI is InChI=1S/C35H26O3/c1-37-33-17-9-7-15-29(33)31-21-25(19-23-11-3-5-13-27(23)31)35(36)26-20-24-12-4-6-14-28(24)32(22-26)30-16-8-10-18-34(30)38-2/h3-22H,1-2H3. The minimum absolute atomic E-state index is 0.0335. The molecule has 6 aromatic rings. The second-order valence-corrected chi connectivity index (χ2v) is 9.22. The Bertz CT molecular complexity index is 1680. The van der Waals surface area contributed by atoms with E-state index in [0.29, 0.717) is 11.1 Å². The summed E-state index contributed by atoms with van der Waals surface area (Å²) in [4.78, 5) is 14.1. The molecule has 0 spiro atoms. The number of fused-ring (bicyclic) bond motifs is 2. The fourth-order valence-electron chi connectivity index (χ4n) is 5.23. The van der Waals surface area contributed by atoms with Gasteiger partial charge in [-0.25, -0.2) is 0 Å². The van der Waals surface area contributed by atoms with Crippen LogP contribution in [0.25, 0.3) is 43.8 Å². The Morgan fingerprint density at radius 1 is 0.474 bits per heavy atom. The number of benzene rings is 6. The first kappa shape index (κ1) is 23.5. The smallest absolute Gasteiger partial charge is 0.193 e. The van der Waals surface area contributed by atoms with Crippen LogP contribution in [-0.2, 0) is 0 Å². The third-order valence-electron chi connectivity index (χ3n) is 7.04. The fraction of sp³-hybridized carbons (Fsp3) is 0.0571. The number of carbonyl (C=O) groups is 1. The average molecular weight is 495 g/mol. The van der Waals surface area contributed by atoms with Gasteiger partial charge in [0.15, 0.2) is 5.78 Å². The highest BCUT2D eigenvalue weighted by Crippen LogP contribution is 2.38. The van der Waals surface area contributed by atoms with E-state index in [-0.39, 0.29) is 5.78 Å². The molecule has 0 aliphatic carbocycles. The molecular weight excluding hydrogens is 468 g/mol. The molecular formula is C35H26O3. The molecule has 0 aliphatic rings. The molecule has 0 amide bonds. The van der Waals surface area contributed by atoms with Gasteiger partial charge in [0.05, 0.1) is 14.2 Å². The molecule has 0 atom stereocenters. The molecule has 184 valence electrons. The Balaban J connectivity index is 1.57. The van der Waals surface area contributed by atoms with Crippen LogP contribution in [0.2, 0.25) is 0 Å². The van der Waals surface area contributed by atoms with Gasteiger partial charge in [-0.2, -0.15) is 0 Å². The summed E-state index contributed by atoms with van der Waals surface area (Å²) in [5, 5.41) is 4.15. The van der Waals surface area contributed by atoms with Crippen molar-refractivity contribution in [3.05, 3.63) is 132 Å². The van der Waals surface area contributed by atoms with Crippen LogP contribution in [0.3, 0.4) is 0 Å². The highest BCUT2D eigenvalue weighted by Gasteiger charge is 2.18. The number of hydrogen-bond acceptors (Lipinski definition) is 3. The largest absolute Gasteiger partial charge is 0.496 e. The number of methoxy groups -OCH3 is 2. The molecule has 0 fully saturated rings. The van der Waals surface area contributed by atoms with Crippen molar-refractivity contribution in [1.82, 2.24) is 0 Å². The molecule has 0 saturated carbocycles. The van der Waals surface area contributed by atoms with E-state index in [1.165, 1.54) is 0 Å². The Kier molecular flexibility index (Phi) is 6.11. The first-order valence-corrected chi connectivity index (χ1v) is 12.5. The Hall–Kier alpha value is -4.89. The van der Waals surface area contributed by atoms with Gasteiger partial charge in [-0.15, -0.1) is 0 Å². The first-order chi connectivity index (χ1) is 18.7. The average Bonchev–Trinajstić information content (AvgIpc) is 2.99. The maximum Gasteiger partial charge on any atom is 0.193 e. The van der Waals surface area contributed by atoms with Crippen molar-refractivity contribution < 1.29 is 14.3 Å². The lowest BCUT2D eigenvalue weighted by molar-refractivity contribution is 0.103. The molecule has 6 rings (SSSR count). The van der Waals surface area contributed by atoms with E-state index in [2.05, 4.69) is 12.1 Å². The van der Waals surface area contributed by atoms with Crippen molar-refractivity contribution in [2.45, 2.75) is 0 Å². The summed E-state index contributed by atoms with van der Waals surface area (Å²) in [6.45, 7) is 0. The maximum atomic E-state index is 14.1. The van der Waals surface area contributed by atoms with Gasteiger partial charge in [-0.1, -0.05) is 84.9 Å². The zero-order valence-corrected chi connectivity index (χ0v) is 21.3. The lowest BCUT2D eigenvalue weighted by Crippen LogP contribution is -2.03. The zero-order chi connectivity index (χ0) is 26.1. The van der Waals surface area contributed by atoms with Crippen LogP contribution in [-0.4, -0.2) is 20.0 Å². The quantitative estimate of drug-likeness (QED) is 0.218. The van der Waals surface area contributed by atoms with Crippen molar-refractivity contribution in [2.24, 2.45) is 0 Å². The molecule has 0 N–H and O–H groups in total. The van der Waals surface area contributed by atoms with Crippen LogP contribution in [0.15, 0.2) is 121 Å². The van der Waals surface area contributed by atoms with Gasteiger partial charge in [0.2, 0.25) is 0 Å². The van der Waals surface area contributed by atoms with E-state index in [1.807, 2.05) is 109 Å². The van der Waals surface area contributed by atoms with Gasteiger partial charge < -0.3 is 9.47 Å². The predicted octanol–water partition coefficient (Wildman–Crippen LogP) is 8.58. The van der Waals surface area contributed by atoms with Gasteiger partial charge in [0, 0.05) is 22.3 Å². The van der Waals surface area contributed by atoms with Crippen LogP contribution in [0.5, 0.6) is 11.5 Å². The van der Waals surface area contributed by atoms with E-state index < -0.39 is 0 Å². The molecule has 0 aromatic heterocycles. The van der Waals surface area contributed by atoms with E-state index in [9.17, 15) is 4.79 Å². The molecule has 0 bridgehead atoms. The van der Waals surface area contributed by atoms with E-state index in [4.69, 9.17) is 9.47 Å². The summed E-state index contributed by atoms with van der Waals surface area (Å²) in [5.41, 5.74) is 5.10. The Labute approximate surface area is 221 Å². The third-order valence-corrected chi connectivity index (χ3v) is 7.04. The molecule has 3 nitrogen and oxygen atoms in total. The molecule has 0 unspecified atom stereocenters. The van der Waals surface area contributed by atoms with Crippen molar-refractivity contribution in [2.75, 3.05) is 14.2 Å². The number of rotatable bonds is 6. The summed E-state index contributed by atoms with van der Waals surface area (Å²) in [7, 11) is 3.34. The number of carbonyl (C=O) groups excluding carboxylic acids is 1. The van der Waals surface area contributed by atoms with Crippen LogP contribution in [0.4, 0.5) is 0 Å². The fourth-order valence-corrected chi connectivity index (χ4v) is 5.23. The number of ketones is 1. The van der Waals surface area contributed by atoms with Crippen molar-refractivity contribution in [1.29, 1.82) is 0 Å². The number of ether oxygens (including phenoxy) is 2. The lowest BCUT2D eigenvalue weighted by atomic mass is 9.89. The number of hydrogen-bond donors (Lipinski definition) is 0. The molecule has 0 heterocycles. The monoisotopic (exact) mass is 494 g/mol.